The predicted molar refractivity (Wildman–Crippen MR) is 56.1 cm³/mol. The Morgan fingerprint density at radius 2 is 2.13 bits per heavy atom. The number of hydrogen-bond donors (Lipinski definition) is 2. The highest BCUT2D eigenvalue weighted by molar-refractivity contribution is 7.88. The maximum atomic E-state index is 10.8. The van der Waals surface area contributed by atoms with Gasteiger partial charge < -0.3 is 9.84 Å². The maximum Gasteiger partial charge on any atom is 0.213 e. The van der Waals surface area contributed by atoms with E-state index in [1.54, 1.807) is 19.1 Å². The van der Waals surface area contributed by atoms with E-state index in [9.17, 15) is 13.5 Å². The van der Waals surface area contributed by atoms with Gasteiger partial charge in [-0.25, -0.2) is 13.6 Å². The normalized spacial score (nSPS) is 11.3. The Morgan fingerprint density at radius 1 is 1.47 bits per heavy atom. The number of ether oxygens (including phenoxy) is 1. The van der Waals surface area contributed by atoms with Gasteiger partial charge in [0, 0.05) is 5.56 Å². The van der Waals surface area contributed by atoms with Gasteiger partial charge in [0.15, 0.2) is 11.5 Å². The Bertz CT molecular complexity index is 441. The van der Waals surface area contributed by atoms with Crippen LogP contribution in [0.15, 0.2) is 18.2 Å². The lowest BCUT2D eigenvalue weighted by Crippen LogP contribution is -2.14. The lowest BCUT2D eigenvalue weighted by atomic mass is 10.2. The van der Waals surface area contributed by atoms with Crippen molar-refractivity contribution >= 4 is 10.0 Å². The summed E-state index contributed by atoms with van der Waals surface area (Å²) < 4.78 is 26.8. The van der Waals surface area contributed by atoms with Gasteiger partial charge in [0.1, 0.15) is 0 Å². The van der Waals surface area contributed by atoms with E-state index in [1.165, 1.54) is 6.07 Å². The number of phenols is 1. The first-order valence-corrected chi connectivity index (χ1v) is 6.09. The van der Waals surface area contributed by atoms with Gasteiger partial charge in [-0.2, -0.15) is 0 Å². The van der Waals surface area contributed by atoms with Crippen LogP contribution in [0.5, 0.6) is 11.5 Å². The van der Waals surface area contributed by atoms with Crippen LogP contribution < -0.4 is 9.88 Å². The van der Waals surface area contributed by atoms with Crippen LogP contribution >= 0.6 is 0 Å². The Labute approximate surface area is 88.5 Å². The molecule has 1 rings (SSSR count). The fourth-order valence-corrected chi connectivity index (χ4v) is 1.84. The summed E-state index contributed by atoms with van der Waals surface area (Å²) in [5.41, 5.74) is 0.239. The first kappa shape index (κ1) is 11.8. The third kappa shape index (κ3) is 3.41. The van der Waals surface area contributed by atoms with Gasteiger partial charge in [0.25, 0.3) is 0 Å². The second-order valence-electron chi connectivity index (χ2n) is 3.00. The number of phenolic OH excluding ortho intramolecular Hbond substituents is 1. The van der Waals surface area contributed by atoms with Crippen molar-refractivity contribution in [3.05, 3.63) is 23.8 Å². The first-order valence-electron chi connectivity index (χ1n) is 4.38. The average molecular weight is 231 g/mol. The lowest BCUT2D eigenvalue weighted by Gasteiger charge is -2.08. The van der Waals surface area contributed by atoms with Crippen molar-refractivity contribution in [2.24, 2.45) is 5.14 Å². The number of primary sulfonamides is 1. The molecule has 0 aliphatic rings. The molecule has 0 amide bonds. The molecule has 1 aromatic carbocycles. The zero-order chi connectivity index (χ0) is 11.5. The minimum atomic E-state index is -3.65. The fourth-order valence-electron chi connectivity index (χ4n) is 1.17. The quantitative estimate of drug-likeness (QED) is 0.793. The lowest BCUT2D eigenvalue weighted by molar-refractivity contribution is 0.317. The van der Waals surface area contributed by atoms with Crippen LogP contribution in [0, 0.1) is 0 Å². The van der Waals surface area contributed by atoms with E-state index in [1.807, 2.05) is 0 Å². The van der Waals surface area contributed by atoms with Crippen LogP contribution in [0.2, 0.25) is 0 Å². The molecule has 0 spiro atoms. The summed E-state index contributed by atoms with van der Waals surface area (Å²) in [5, 5.41) is 14.5. The molecular formula is C9H13NO4S. The van der Waals surface area contributed by atoms with Gasteiger partial charge in [-0.05, 0) is 13.0 Å². The van der Waals surface area contributed by atoms with Crippen LogP contribution in [0.3, 0.4) is 0 Å². The van der Waals surface area contributed by atoms with Crippen LogP contribution in [0.25, 0.3) is 0 Å². The van der Waals surface area contributed by atoms with Crippen molar-refractivity contribution in [1.82, 2.24) is 0 Å². The topological polar surface area (TPSA) is 89.6 Å². The third-order valence-corrected chi connectivity index (χ3v) is 2.45. The van der Waals surface area contributed by atoms with Crippen molar-refractivity contribution in [3.63, 3.8) is 0 Å². The highest BCUT2D eigenvalue weighted by Crippen LogP contribution is 2.30. The van der Waals surface area contributed by atoms with Crippen molar-refractivity contribution in [1.29, 1.82) is 0 Å². The molecular weight excluding hydrogens is 218 g/mol. The summed E-state index contributed by atoms with van der Waals surface area (Å²) in [6.45, 7) is 2.16. The molecule has 3 N–H and O–H groups in total. The van der Waals surface area contributed by atoms with Crippen LogP contribution in [0.1, 0.15) is 12.5 Å². The van der Waals surface area contributed by atoms with Crippen molar-refractivity contribution in [2.45, 2.75) is 12.7 Å². The van der Waals surface area contributed by atoms with E-state index < -0.39 is 15.8 Å². The molecule has 84 valence electrons. The minimum absolute atomic E-state index is 0.173. The highest BCUT2D eigenvalue weighted by atomic mass is 32.2. The van der Waals surface area contributed by atoms with E-state index in [4.69, 9.17) is 9.88 Å². The second kappa shape index (κ2) is 4.50. The molecule has 0 unspecified atom stereocenters. The van der Waals surface area contributed by atoms with Crippen molar-refractivity contribution in [2.75, 3.05) is 6.61 Å². The van der Waals surface area contributed by atoms with E-state index in [0.717, 1.165) is 0 Å². The maximum absolute atomic E-state index is 10.8. The van der Waals surface area contributed by atoms with E-state index in [2.05, 4.69) is 0 Å². The molecule has 0 bridgehead atoms. The summed E-state index contributed by atoms with van der Waals surface area (Å²) in [6, 6.07) is 4.65. The molecule has 0 aliphatic heterocycles. The molecule has 0 heterocycles. The number of rotatable bonds is 4. The molecule has 5 nitrogen and oxygen atoms in total. The molecule has 6 heteroatoms. The second-order valence-corrected chi connectivity index (χ2v) is 4.62. The zero-order valence-corrected chi connectivity index (χ0v) is 9.12. The molecule has 0 aliphatic carbocycles. The predicted octanol–water partition coefficient (Wildman–Crippen LogP) is 0.579. The summed E-state index contributed by atoms with van der Waals surface area (Å²) in [6.07, 6.45) is 0. The zero-order valence-electron chi connectivity index (χ0n) is 8.30. The Morgan fingerprint density at radius 3 is 2.67 bits per heavy atom. The van der Waals surface area contributed by atoms with Gasteiger partial charge >= 0.3 is 0 Å². The molecule has 0 atom stereocenters. The van der Waals surface area contributed by atoms with Crippen molar-refractivity contribution in [3.8, 4) is 11.5 Å². The number of hydrogen-bond acceptors (Lipinski definition) is 4. The van der Waals surface area contributed by atoms with Gasteiger partial charge in [-0.3, -0.25) is 0 Å². The summed E-state index contributed by atoms with van der Waals surface area (Å²) >= 11 is 0. The molecule has 0 radical (unpaired) electrons. The molecule has 0 saturated carbocycles. The average Bonchev–Trinajstić information content (AvgIpc) is 2.10. The Hall–Kier alpha value is -1.27. The van der Waals surface area contributed by atoms with Crippen LogP contribution in [-0.4, -0.2) is 20.1 Å². The number of aromatic hydroxyl groups is 1. The minimum Gasteiger partial charge on any atom is -0.504 e. The molecule has 1 aromatic rings. The number of para-hydroxylation sites is 1. The molecule has 0 aromatic heterocycles. The van der Waals surface area contributed by atoms with E-state index >= 15 is 0 Å². The van der Waals surface area contributed by atoms with Gasteiger partial charge in [-0.15, -0.1) is 0 Å². The molecule has 0 fully saturated rings. The number of sulfonamides is 1. The standard InChI is InChI=1S/C9H13NO4S/c1-2-14-8-5-3-4-7(9(8)11)6-15(10,12)13/h3-5,11H,2,6H2,1H3,(H2,10,12,13). The van der Waals surface area contributed by atoms with Gasteiger partial charge in [0.05, 0.1) is 12.4 Å². The largest absolute Gasteiger partial charge is 0.504 e. The van der Waals surface area contributed by atoms with Crippen LogP contribution in [-0.2, 0) is 15.8 Å². The highest BCUT2D eigenvalue weighted by Gasteiger charge is 2.12. The summed E-state index contributed by atoms with van der Waals surface area (Å²) in [7, 11) is -3.65. The SMILES string of the molecule is CCOc1cccc(CS(N)(=O)=O)c1O. The first-order chi connectivity index (χ1) is 6.94. The summed E-state index contributed by atoms with van der Waals surface area (Å²) in [4.78, 5) is 0. The smallest absolute Gasteiger partial charge is 0.213 e. The van der Waals surface area contributed by atoms with E-state index in [0.29, 0.717) is 6.61 Å². The monoisotopic (exact) mass is 231 g/mol. The number of nitrogens with two attached hydrogens (primary N) is 1. The van der Waals surface area contributed by atoms with E-state index in [-0.39, 0.29) is 17.1 Å². The van der Waals surface area contributed by atoms with Crippen molar-refractivity contribution < 1.29 is 18.3 Å². The fraction of sp³-hybridized carbons (Fsp3) is 0.333. The van der Waals surface area contributed by atoms with Crippen LogP contribution in [0.4, 0.5) is 0 Å². The third-order valence-electron chi connectivity index (χ3n) is 1.74. The van der Waals surface area contributed by atoms with Gasteiger partial charge in [-0.1, -0.05) is 12.1 Å². The molecule has 0 saturated heterocycles. The Kier molecular flexibility index (Phi) is 3.54. The Balaban J connectivity index is 3.04. The number of benzene rings is 1. The van der Waals surface area contributed by atoms with Gasteiger partial charge in [0.2, 0.25) is 10.0 Å². The summed E-state index contributed by atoms with van der Waals surface area (Å²) in [5.74, 6) is -0.313. The molecule has 15 heavy (non-hydrogen) atoms.